The number of thioether (sulfide) groups is 1. The molecular weight excluding hydrogens is 398 g/mol. The number of carbonyl (C=O) groups is 1. The smallest absolute Gasteiger partial charge is 0.227 e. The van der Waals surface area contributed by atoms with E-state index in [1.165, 1.54) is 16.9 Å². The predicted molar refractivity (Wildman–Crippen MR) is 114 cm³/mol. The maximum absolute atomic E-state index is 12.1. The van der Waals surface area contributed by atoms with Crippen LogP contribution in [0, 0.1) is 0 Å². The highest BCUT2D eigenvalue weighted by Gasteiger charge is 2.08. The van der Waals surface area contributed by atoms with Crippen molar-refractivity contribution in [2.24, 2.45) is 0 Å². The Morgan fingerprint density at radius 2 is 1.81 bits per heavy atom. The molecule has 0 aliphatic carbocycles. The normalized spacial score (nSPS) is 10.7. The zero-order valence-corrected chi connectivity index (χ0v) is 17.1. The molecule has 7 heteroatoms. The molecular formula is C20H20ClN3OS2. The van der Waals surface area contributed by atoms with Gasteiger partial charge in [-0.25, -0.2) is 0 Å². The minimum atomic E-state index is -0.0385. The van der Waals surface area contributed by atoms with Crippen LogP contribution < -0.4 is 5.32 Å². The molecule has 0 aliphatic heterocycles. The van der Waals surface area contributed by atoms with Crippen molar-refractivity contribution in [3.05, 3.63) is 70.2 Å². The first-order valence-electron chi connectivity index (χ1n) is 8.73. The Bertz CT molecular complexity index is 853. The summed E-state index contributed by atoms with van der Waals surface area (Å²) < 4.78 is 0. The Hall–Kier alpha value is -1.89. The van der Waals surface area contributed by atoms with Crippen LogP contribution in [0.1, 0.15) is 23.4 Å². The molecule has 1 heterocycles. The number of hydrogen-bond acceptors (Lipinski definition) is 5. The minimum Gasteiger partial charge on any atom is -0.301 e. The van der Waals surface area contributed by atoms with Gasteiger partial charge in [-0.05, 0) is 42.7 Å². The summed E-state index contributed by atoms with van der Waals surface area (Å²) in [7, 11) is 0. The van der Waals surface area contributed by atoms with Gasteiger partial charge in [0.15, 0.2) is 0 Å². The fourth-order valence-electron chi connectivity index (χ4n) is 2.47. The lowest BCUT2D eigenvalue weighted by molar-refractivity contribution is -0.115. The van der Waals surface area contributed by atoms with Crippen molar-refractivity contribution in [1.82, 2.24) is 10.2 Å². The van der Waals surface area contributed by atoms with Crippen LogP contribution in [0.5, 0.6) is 0 Å². The third-order valence-electron chi connectivity index (χ3n) is 3.82. The molecule has 0 saturated heterocycles. The summed E-state index contributed by atoms with van der Waals surface area (Å²) in [6.07, 6.45) is 3.33. The summed E-state index contributed by atoms with van der Waals surface area (Å²) in [6, 6.07) is 18.0. The van der Waals surface area contributed by atoms with E-state index in [1.54, 1.807) is 11.8 Å². The quantitative estimate of drug-likeness (QED) is 0.468. The molecule has 0 bridgehead atoms. The van der Waals surface area contributed by atoms with Gasteiger partial charge in [-0.15, -0.1) is 22.0 Å². The zero-order chi connectivity index (χ0) is 18.9. The summed E-state index contributed by atoms with van der Waals surface area (Å²) >= 11 is 8.95. The SMILES string of the molecule is O=C(CCSc1ccc(Cl)cc1)Nc1nnc(CCCc2ccccc2)s1. The lowest BCUT2D eigenvalue weighted by Gasteiger charge is -2.02. The maximum atomic E-state index is 12.1. The van der Waals surface area contributed by atoms with Crippen LogP contribution in [0.4, 0.5) is 5.13 Å². The van der Waals surface area contributed by atoms with Gasteiger partial charge in [-0.3, -0.25) is 4.79 Å². The van der Waals surface area contributed by atoms with Gasteiger partial charge in [0, 0.05) is 28.5 Å². The number of carbonyl (C=O) groups excluding carboxylic acids is 1. The van der Waals surface area contributed by atoms with Crippen LogP contribution in [0.25, 0.3) is 0 Å². The van der Waals surface area contributed by atoms with Crippen LogP contribution in [0.15, 0.2) is 59.5 Å². The van der Waals surface area contributed by atoms with Gasteiger partial charge < -0.3 is 5.32 Å². The molecule has 0 saturated carbocycles. The average molecular weight is 418 g/mol. The van der Waals surface area contributed by atoms with E-state index < -0.39 is 0 Å². The first-order valence-corrected chi connectivity index (χ1v) is 10.9. The van der Waals surface area contributed by atoms with E-state index in [1.807, 2.05) is 30.3 Å². The zero-order valence-electron chi connectivity index (χ0n) is 14.7. The number of aromatic nitrogens is 2. The minimum absolute atomic E-state index is 0.0385. The third kappa shape index (κ3) is 6.97. The Labute approximate surface area is 172 Å². The van der Waals surface area contributed by atoms with E-state index in [9.17, 15) is 4.79 Å². The molecule has 2 aromatic carbocycles. The molecule has 1 N–H and O–H groups in total. The number of amides is 1. The van der Waals surface area contributed by atoms with Gasteiger partial charge in [0.05, 0.1) is 0 Å². The summed E-state index contributed by atoms with van der Waals surface area (Å²) in [6.45, 7) is 0. The Morgan fingerprint density at radius 3 is 2.59 bits per heavy atom. The first-order chi connectivity index (χ1) is 13.2. The van der Waals surface area contributed by atoms with E-state index in [-0.39, 0.29) is 5.91 Å². The standard InChI is InChI=1S/C20H20ClN3OS2/c21-16-9-11-17(12-10-16)26-14-13-18(25)22-20-24-23-19(27-20)8-4-7-15-5-2-1-3-6-15/h1-3,5-6,9-12H,4,7-8,13-14H2,(H,22,24,25). The number of anilines is 1. The van der Waals surface area contributed by atoms with Gasteiger partial charge in [0.1, 0.15) is 5.01 Å². The van der Waals surface area contributed by atoms with Crippen LogP contribution in [-0.2, 0) is 17.6 Å². The molecule has 0 fully saturated rings. The molecule has 0 aliphatic rings. The highest BCUT2D eigenvalue weighted by atomic mass is 35.5. The molecule has 1 aromatic heterocycles. The lowest BCUT2D eigenvalue weighted by Crippen LogP contribution is -2.11. The fourth-order valence-corrected chi connectivity index (χ4v) is 4.24. The van der Waals surface area contributed by atoms with Gasteiger partial charge in [-0.2, -0.15) is 0 Å². The number of nitrogens with one attached hydrogen (secondary N) is 1. The van der Waals surface area contributed by atoms with E-state index in [4.69, 9.17) is 11.6 Å². The summed E-state index contributed by atoms with van der Waals surface area (Å²) in [5, 5.41) is 13.3. The monoisotopic (exact) mass is 417 g/mol. The molecule has 27 heavy (non-hydrogen) atoms. The molecule has 0 spiro atoms. The van der Waals surface area contributed by atoms with E-state index in [2.05, 4.69) is 39.8 Å². The van der Waals surface area contributed by atoms with Gasteiger partial charge in [0.2, 0.25) is 11.0 Å². The van der Waals surface area contributed by atoms with Crippen molar-refractivity contribution in [1.29, 1.82) is 0 Å². The summed E-state index contributed by atoms with van der Waals surface area (Å²) in [5.74, 6) is 0.666. The number of halogens is 1. The third-order valence-corrected chi connectivity index (χ3v) is 5.99. The number of hydrogen-bond donors (Lipinski definition) is 1. The van der Waals surface area contributed by atoms with E-state index in [0.29, 0.717) is 22.3 Å². The highest BCUT2D eigenvalue weighted by Crippen LogP contribution is 2.22. The van der Waals surface area contributed by atoms with Crippen LogP contribution >= 0.6 is 34.7 Å². The van der Waals surface area contributed by atoms with Crippen molar-refractivity contribution in [3.8, 4) is 0 Å². The highest BCUT2D eigenvalue weighted by molar-refractivity contribution is 7.99. The Morgan fingerprint density at radius 1 is 1.04 bits per heavy atom. The topological polar surface area (TPSA) is 54.9 Å². The molecule has 3 aromatic rings. The number of aryl methyl sites for hydroxylation is 2. The Kier molecular flexibility index (Phi) is 7.68. The average Bonchev–Trinajstić information content (AvgIpc) is 3.11. The molecule has 3 rings (SSSR count). The van der Waals surface area contributed by atoms with Crippen LogP contribution in [0.2, 0.25) is 5.02 Å². The van der Waals surface area contributed by atoms with Gasteiger partial charge in [-0.1, -0.05) is 53.3 Å². The summed E-state index contributed by atoms with van der Waals surface area (Å²) in [5.41, 5.74) is 1.33. The van der Waals surface area contributed by atoms with Gasteiger partial charge >= 0.3 is 0 Å². The maximum Gasteiger partial charge on any atom is 0.227 e. The second kappa shape index (κ2) is 10.4. The second-order valence-electron chi connectivity index (χ2n) is 5.94. The summed E-state index contributed by atoms with van der Waals surface area (Å²) in [4.78, 5) is 13.2. The van der Waals surface area contributed by atoms with Gasteiger partial charge in [0.25, 0.3) is 0 Å². The molecule has 0 unspecified atom stereocenters. The number of rotatable bonds is 9. The predicted octanol–water partition coefficient (Wildman–Crippen LogP) is 5.49. The number of benzene rings is 2. The first kappa shape index (κ1) is 19.9. The lowest BCUT2D eigenvalue weighted by atomic mass is 10.1. The van der Waals surface area contributed by atoms with Crippen molar-refractivity contribution in [2.45, 2.75) is 30.6 Å². The molecule has 0 radical (unpaired) electrons. The fraction of sp³-hybridized carbons (Fsp3) is 0.250. The molecule has 140 valence electrons. The van der Waals surface area contributed by atoms with Crippen molar-refractivity contribution in [3.63, 3.8) is 0 Å². The number of nitrogens with zero attached hydrogens (tertiary/aromatic N) is 2. The molecule has 4 nitrogen and oxygen atoms in total. The van der Waals surface area contributed by atoms with Crippen molar-refractivity contribution in [2.75, 3.05) is 11.1 Å². The van der Waals surface area contributed by atoms with Crippen molar-refractivity contribution >= 4 is 45.7 Å². The Balaban J connectivity index is 1.36. The largest absolute Gasteiger partial charge is 0.301 e. The van der Waals surface area contributed by atoms with Crippen LogP contribution in [-0.4, -0.2) is 21.9 Å². The molecule has 1 amide bonds. The molecule has 0 atom stereocenters. The van der Waals surface area contributed by atoms with E-state index in [0.717, 1.165) is 29.2 Å². The van der Waals surface area contributed by atoms with E-state index >= 15 is 0 Å². The second-order valence-corrected chi connectivity index (χ2v) is 8.61. The van der Waals surface area contributed by atoms with Crippen LogP contribution in [0.3, 0.4) is 0 Å². The van der Waals surface area contributed by atoms with Crippen molar-refractivity contribution < 1.29 is 4.79 Å².